The Morgan fingerprint density at radius 2 is 1.88 bits per heavy atom. The van der Waals surface area contributed by atoms with Crippen LogP contribution < -0.4 is 10.6 Å². The molecule has 0 saturated carbocycles. The number of alkyl halides is 3. The molecular weight excluding hydrogens is 339 g/mol. The summed E-state index contributed by atoms with van der Waals surface area (Å²) in [5, 5.41) is 6.02. The molecule has 0 aromatic carbocycles. The molecule has 0 spiro atoms. The van der Waals surface area contributed by atoms with E-state index in [9.17, 15) is 18.0 Å². The Hall–Kier alpha value is -1.55. The number of nitrogens with zero attached hydrogens (tertiary/aromatic N) is 3. The Kier molecular flexibility index (Phi) is 12.0. The highest BCUT2D eigenvalue weighted by Crippen LogP contribution is 2.15. The maximum Gasteiger partial charge on any atom is 0.406 e. The second-order valence-corrected chi connectivity index (χ2v) is 5.64. The van der Waals surface area contributed by atoms with Crippen molar-refractivity contribution in [3.63, 3.8) is 0 Å². The fraction of sp³-hybridized carbons (Fsp3) is 0.867. The molecule has 1 amide bonds. The molecule has 0 aromatic heterocycles. The molecule has 0 aliphatic carbocycles. The molecule has 0 saturated heterocycles. The van der Waals surface area contributed by atoms with E-state index in [2.05, 4.69) is 20.5 Å². The second kappa shape index (κ2) is 12.8. The Morgan fingerprint density at radius 1 is 1.20 bits per heavy atom. The fourth-order valence-corrected chi connectivity index (χ4v) is 1.92. The molecule has 2 N–H and O–H groups in total. The zero-order chi connectivity index (χ0) is 19.3. The molecule has 0 heterocycles. The highest BCUT2D eigenvalue weighted by atomic mass is 19.4. The third-order valence-electron chi connectivity index (χ3n) is 3.23. The van der Waals surface area contributed by atoms with Gasteiger partial charge in [0.15, 0.2) is 5.96 Å². The summed E-state index contributed by atoms with van der Waals surface area (Å²) in [4.78, 5) is 18.5. The summed E-state index contributed by atoms with van der Waals surface area (Å²) in [6.07, 6.45) is -3.48. The summed E-state index contributed by atoms with van der Waals surface area (Å²) < 4.78 is 41.8. The average molecular weight is 369 g/mol. The molecule has 0 unspecified atom stereocenters. The van der Waals surface area contributed by atoms with Crippen molar-refractivity contribution in [2.45, 2.75) is 19.5 Å². The molecule has 25 heavy (non-hydrogen) atoms. The number of nitrogens with one attached hydrogen (secondary N) is 2. The number of amides is 1. The lowest BCUT2D eigenvalue weighted by molar-refractivity contribution is -0.157. The van der Waals surface area contributed by atoms with Crippen molar-refractivity contribution < 1.29 is 22.7 Å². The number of rotatable bonds is 11. The van der Waals surface area contributed by atoms with E-state index in [0.717, 1.165) is 26.6 Å². The molecular formula is C15H30F3N5O2. The van der Waals surface area contributed by atoms with Crippen LogP contribution in [0.15, 0.2) is 4.99 Å². The number of aliphatic imine (C=N–C) groups is 1. The monoisotopic (exact) mass is 369 g/mol. The first kappa shape index (κ1) is 23.4. The Bertz CT molecular complexity index is 405. The largest absolute Gasteiger partial charge is 0.406 e. The van der Waals surface area contributed by atoms with Gasteiger partial charge < -0.3 is 25.2 Å². The van der Waals surface area contributed by atoms with E-state index in [-0.39, 0.29) is 6.54 Å². The smallest absolute Gasteiger partial charge is 0.385 e. The van der Waals surface area contributed by atoms with Gasteiger partial charge in [-0.2, -0.15) is 13.2 Å². The summed E-state index contributed by atoms with van der Waals surface area (Å²) in [6.45, 7) is 3.79. The molecule has 0 bridgehead atoms. The lowest BCUT2D eigenvalue weighted by atomic mass is 10.4. The van der Waals surface area contributed by atoms with E-state index in [1.807, 2.05) is 14.0 Å². The lowest BCUT2D eigenvalue weighted by Crippen LogP contribution is -2.42. The molecule has 0 aromatic rings. The molecule has 0 radical (unpaired) electrons. The first-order valence-electron chi connectivity index (χ1n) is 8.20. The Balaban J connectivity index is 4.29. The van der Waals surface area contributed by atoms with E-state index in [1.165, 1.54) is 0 Å². The SMILES string of the molecule is CCNC(=NCC(=O)N(C)CC(F)(F)F)NCCN(C)CCCOC. The maximum atomic E-state index is 12.3. The number of hydrogen-bond acceptors (Lipinski definition) is 4. The Morgan fingerprint density at radius 3 is 2.44 bits per heavy atom. The number of halogens is 3. The summed E-state index contributed by atoms with van der Waals surface area (Å²) in [5.74, 6) is -0.284. The fourth-order valence-electron chi connectivity index (χ4n) is 1.92. The zero-order valence-electron chi connectivity index (χ0n) is 15.4. The van der Waals surface area contributed by atoms with Crippen LogP contribution in [-0.2, 0) is 9.53 Å². The van der Waals surface area contributed by atoms with Crippen LogP contribution in [0, 0.1) is 0 Å². The van der Waals surface area contributed by atoms with Gasteiger partial charge in [0.1, 0.15) is 13.1 Å². The van der Waals surface area contributed by atoms with Crippen LogP contribution in [0.1, 0.15) is 13.3 Å². The highest BCUT2D eigenvalue weighted by Gasteiger charge is 2.30. The van der Waals surface area contributed by atoms with Crippen LogP contribution >= 0.6 is 0 Å². The topological polar surface area (TPSA) is 69.2 Å². The predicted molar refractivity (Wildman–Crippen MR) is 91.7 cm³/mol. The molecule has 0 aliphatic rings. The summed E-state index contributed by atoms with van der Waals surface area (Å²) in [7, 11) is 4.76. The minimum absolute atomic E-state index is 0.342. The minimum atomic E-state index is -4.41. The third-order valence-corrected chi connectivity index (χ3v) is 3.23. The van der Waals surface area contributed by atoms with E-state index in [4.69, 9.17) is 4.74 Å². The maximum absolute atomic E-state index is 12.3. The first-order valence-corrected chi connectivity index (χ1v) is 8.20. The van der Waals surface area contributed by atoms with Gasteiger partial charge in [0, 0.05) is 46.9 Å². The van der Waals surface area contributed by atoms with Crippen LogP contribution in [0.4, 0.5) is 13.2 Å². The van der Waals surface area contributed by atoms with E-state index in [0.29, 0.717) is 30.6 Å². The van der Waals surface area contributed by atoms with Gasteiger partial charge in [0.25, 0.3) is 0 Å². The van der Waals surface area contributed by atoms with Crippen LogP contribution in [0.2, 0.25) is 0 Å². The first-order chi connectivity index (χ1) is 11.7. The van der Waals surface area contributed by atoms with Crippen molar-refractivity contribution in [2.24, 2.45) is 4.99 Å². The number of ether oxygens (including phenoxy) is 1. The van der Waals surface area contributed by atoms with Gasteiger partial charge in [0.05, 0.1) is 0 Å². The van der Waals surface area contributed by atoms with Crippen molar-refractivity contribution in [3.05, 3.63) is 0 Å². The molecule has 7 nitrogen and oxygen atoms in total. The Labute approximate surface area is 147 Å². The standard InChI is InChI=1S/C15H30F3N5O2/c1-5-19-14(20-7-9-22(2)8-6-10-25-4)21-11-13(24)23(3)12-15(16,17)18/h5-12H2,1-4H3,(H2,19,20,21). The highest BCUT2D eigenvalue weighted by molar-refractivity contribution is 5.84. The van der Waals surface area contributed by atoms with Gasteiger partial charge >= 0.3 is 6.18 Å². The molecule has 148 valence electrons. The van der Waals surface area contributed by atoms with Crippen LogP contribution in [0.25, 0.3) is 0 Å². The van der Waals surface area contributed by atoms with E-state index < -0.39 is 18.6 Å². The molecule has 0 rings (SSSR count). The van der Waals surface area contributed by atoms with Crippen molar-refractivity contribution in [1.82, 2.24) is 20.4 Å². The number of carbonyl (C=O) groups is 1. The van der Waals surface area contributed by atoms with E-state index in [1.54, 1.807) is 7.11 Å². The van der Waals surface area contributed by atoms with Crippen molar-refractivity contribution in [2.75, 3.05) is 67.1 Å². The number of methoxy groups -OCH3 is 1. The van der Waals surface area contributed by atoms with Gasteiger partial charge in [-0.05, 0) is 20.4 Å². The lowest BCUT2D eigenvalue weighted by Gasteiger charge is -2.19. The second-order valence-electron chi connectivity index (χ2n) is 5.64. The minimum Gasteiger partial charge on any atom is -0.385 e. The summed E-state index contributed by atoms with van der Waals surface area (Å²) >= 11 is 0. The number of carbonyl (C=O) groups excluding carboxylic acids is 1. The van der Waals surface area contributed by atoms with Crippen LogP contribution in [0.5, 0.6) is 0 Å². The van der Waals surface area contributed by atoms with Gasteiger partial charge in [-0.25, -0.2) is 4.99 Å². The average Bonchev–Trinajstić information content (AvgIpc) is 2.50. The predicted octanol–water partition coefficient (Wildman–Crippen LogP) is 0.531. The van der Waals surface area contributed by atoms with Gasteiger partial charge in [-0.1, -0.05) is 0 Å². The molecule has 0 atom stereocenters. The normalized spacial score (nSPS) is 12.4. The number of guanidine groups is 1. The van der Waals surface area contributed by atoms with Crippen molar-refractivity contribution in [3.8, 4) is 0 Å². The quantitative estimate of drug-likeness (QED) is 0.316. The van der Waals surface area contributed by atoms with E-state index >= 15 is 0 Å². The summed E-state index contributed by atoms with van der Waals surface area (Å²) in [5.41, 5.74) is 0. The molecule has 0 aliphatic heterocycles. The van der Waals surface area contributed by atoms with Gasteiger partial charge in [-0.3, -0.25) is 4.79 Å². The van der Waals surface area contributed by atoms with Crippen LogP contribution in [-0.4, -0.2) is 94.9 Å². The van der Waals surface area contributed by atoms with Gasteiger partial charge in [-0.15, -0.1) is 0 Å². The van der Waals surface area contributed by atoms with Gasteiger partial charge in [0.2, 0.25) is 5.91 Å². The van der Waals surface area contributed by atoms with Crippen molar-refractivity contribution >= 4 is 11.9 Å². The number of likely N-dealkylation sites (N-methyl/N-ethyl adjacent to an activating group) is 2. The van der Waals surface area contributed by atoms with Crippen molar-refractivity contribution in [1.29, 1.82) is 0 Å². The third kappa shape index (κ3) is 13.4. The van der Waals surface area contributed by atoms with Crippen LogP contribution in [0.3, 0.4) is 0 Å². The molecule has 0 fully saturated rings. The zero-order valence-corrected chi connectivity index (χ0v) is 15.4. The molecule has 10 heteroatoms. The summed E-state index contributed by atoms with van der Waals surface area (Å²) in [6, 6.07) is 0. The number of hydrogen-bond donors (Lipinski definition) is 2.